The van der Waals surface area contributed by atoms with E-state index in [9.17, 15) is 18.0 Å². The molecule has 1 heterocycles. The third kappa shape index (κ3) is 5.00. The van der Waals surface area contributed by atoms with Gasteiger partial charge in [0.1, 0.15) is 0 Å². The van der Waals surface area contributed by atoms with Crippen LogP contribution in [0.4, 0.5) is 23.7 Å². The number of carbonyl (C=O) groups is 1. The van der Waals surface area contributed by atoms with Gasteiger partial charge in [-0.2, -0.15) is 13.2 Å². The van der Waals surface area contributed by atoms with E-state index in [1.54, 1.807) is 6.07 Å². The molecule has 4 N–H and O–H groups in total. The summed E-state index contributed by atoms with van der Waals surface area (Å²) in [4.78, 5) is 16.0. The maximum absolute atomic E-state index is 12.9. The van der Waals surface area contributed by atoms with Crippen LogP contribution in [0.2, 0.25) is 0 Å². The normalized spacial score (nSPS) is 11.5. The van der Waals surface area contributed by atoms with Crippen molar-refractivity contribution in [1.82, 2.24) is 4.98 Å². The number of rotatable bonds is 6. The second kappa shape index (κ2) is 8.88. The summed E-state index contributed by atoms with van der Waals surface area (Å²) >= 11 is 1.41. The molecule has 0 fully saturated rings. The molecule has 0 aliphatic carbocycles. The molecule has 0 aliphatic rings. The van der Waals surface area contributed by atoms with E-state index in [1.165, 1.54) is 17.8 Å². The topological polar surface area (TPSA) is 80.1 Å². The Morgan fingerprint density at radius 2 is 1.81 bits per heavy atom. The second-order valence-electron chi connectivity index (χ2n) is 6.93. The summed E-state index contributed by atoms with van der Waals surface area (Å²) in [5, 5.41) is 3.83. The number of aromatic nitrogens is 1. The predicted molar refractivity (Wildman–Crippen MR) is 118 cm³/mol. The first kappa shape index (κ1) is 21.6. The molecule has 3 aromatic carbocycles. The minimum absolute atomic E-state index is 0.240. The summed E-state index contributed by atoms with van der Waals surface area (Å²) in [6.07, 6.45) is -5.33. The Kier molecular flexibility index (Phi) is 6.00. The molecule has 0 saturated carbocycles. The molecule has 0 unspecified atom stereocenters. The third-order valence-electron chi connectivity index (χ3n) is 4.64. The number of benzene rings is 3. The molecule has 9 heteroatoms. The minimum Gasteiger partial charge on any atom is -0.392 e. The van der Waals surface area contributed by atoms with Crippen molar-refractivity contribution < 1.29 is 22.7 Å². The molecule has 1 amide bonds. The molecule has 0 saturated heterocycles. The molecule has 0 spiro atoms. The van der Waals surface area contributed by atoms with Crippen molar-refractivity contribution in [3.05, 3.63) is 83.9 Å². The number of hydrogen-bond donors (Lipinski definition) is 3. The molecular formula is C23H18F3N3O2S. The van der Waals surface area contributed by atoms with E-state index in [2.05, 4.69) is 10.3 Å². The Bertz CT molecular complexity index is 1260. The van der Waals surface area contributed by atoms with Crippen molar-refractivity contribution >= 4 is 34.4 Å². The molecule has 0 radical (unpaired) electrons. The Morgan fingerprint density at radius 1 is 1.03 bits per heavy atom. The zero-order chi connectivity index (χ0) is 22.7. The largest absolute Gasteiger partial charge is 0.416 e. The van der Waals surface area contributed by atoms with Crippen molar-refractivity contribution in [3.8, 4) is 5.88 Å². The molecule has 0 aliphatic heterocycles. The fraction of sp³-hybridized carbons (Fsp3) is 0.0870. The number of alkyl halides is 3. The lowest BCUT2D eigenvalue weighted by Gasteiger charge is -2.11. The van der Waals surface area contributed by atoms with Crippen LogP contribution >= 0.6 is 11.8 Å². The minimum atomic E-state index is -4.40. The Balaban J connectivity index is 1.62. The SMILES string of the molecule is NC(=O)Oc1[nH]c2ccc(CNc3cccc(C(F)(F)F)c3)cc2c1Sc1ccccc1. The van der Waals surface area contributed by atoms with Gasteiger partial charge in [0.25, 0.3) is 0 Å². The summed E-state index contributed by atoms with van der Waals surface area (Å²) in [7, 11) is 0. The monoisotopic (exact) mass is 457 g/mol. The van der Waals surface area contributed by atoms with Gasteiger partial charge < -0.3 is 20.8 Å². The fourth-order valence-electron chi connectivity index (χ4n) is 3.19. The summed E-state index contributed by atoms with van der Waals surface area (Å²) in [6, 6.07) is 20.2. The Hall–Kier alpha value is -3.59. The average Bonchev–Trinajstić information content (AvgIpc) is 3.08. The summed E-state index contributed by atoms with van der Waals surface area (Å²) in [6.45, 7) is 0.309. The smallest absolute Gasteiger partial charge is 0.392 e. The Labute approximate surface area is 185 Å². The summed E-state index contributed by atoms with van der Waals surface area (Å²) < 4.78 is 44.0. The maximum Gasteiger partial charge on any atom is 0.416 e. The standard InChI is InChI=1S/C23H18F3N3O2S/c24-23(25,26)15-5-4-6-16(12-15)28-13-14-9-10-19-18(11-14)20(21(29-19)31-22(27)30)32-17-7-2-1-3-8-17/h1-12,28-29H,13H2,(H2,27,30). The van der Waals surface area contributed by atoms with Gasteiger partial charge in [-0.15, -0.1) is 0 Å². The number of ether oxygens (including phenoxy) is 1. The van der Waals surface area contributed by atoms with E-state index in [-0.39, 0.29) is 5.88 Å². The highest BCUT2D eigenvalue weighted by Crippen LogP contribution is 2.41. The first-order valence-electron chi connectivity index (χ1n) is 9.55. The van der Waals surface area contributed by atoms with E-state index < -0.39 is 17.8 Å². The number of hydrogen-bond acceptors (Lipinski definition) is 4. The molecular weight excluding hydrogens is 439 g/mol. The van der Waals surface area contributed by atoms with Gasteiger partial charge in [0.15, 0.2) is 0 Å². The molecule has 0 atom stereocenters. The van der Waals surface area contributed by atoms with Gasteiger partial charge in [-0.05, 0) is 48.0 Å². The zero-order valence-corrected chi connectivity index (χ0v) is 17.4. The van der Waals surface area contributed by atoms with Crippen LogP contribution in [0.1, 0.15) is 11.1 Å². The number of anilines is 1. The van der Waals surface area contributed by atoms with Gasteiger partial charge in [0.05, 0.1) is 10.5 Å². The van der Waals surface area contributed by atoms with Gasteiger partial charge in [0, 0.05) is 28.0 Å². The third-order valence-corrected chi connectivity index (χ3v) is 5.75. The van der Waals surface area contributed by atoms with Crippen molar-refractivity contribution in [2.75, 3.05) is 5.32 Å². The molecule has 5 nitrogen and oxygen atoms in total. The van der Waals surface area contributed by atoms with E-state index >= 15 is 0 Å². The average molecular weight is 457 g/mol. The Morgan fingerprint density at radius 3 is 2.53 bits per heavy atom. The fourth-order valence-corrected chi connectivity index (χ4v) is 4.18. The first-order chi connectivity index (χ1) is 15.3. The van der Waals surface area contributed by atoms with Crippen molar-refractivity contribution in [2.45, 2.75) is 22.5 Å². The van der Waals surface area contributed by atoms with Gasteiger partial charge in [-0.3, -0.25) is 0 Å². The highest BCUT2D eigenvalue weighted by atomic mass is 32.2. The van der Waals surface area contributed by atoms with E-state index in [1.807, 2.05) is 48.5 Å². The highest BCUT2D eigenvalue weighted by molar-refractivity contribution is 7.99. The lowest BCUT2D eigenvalue weighted by molar-refractivity contribution is -0.137. The lowest BCUT2D eigenvalue weighted by Crippen LogP contribution is -2.16. The predicted octanol–water partition coefficient (Wildman–Crippen LogP) is 6.41. The van der Waals surface area contributed by atoms with Crippen molar-refractivity contribution in [1.29, 1.82) is 0 Å². The zero-order valence-electron chi connectivity index (χ0n) is 16.6. The molecule has 0 bridgehead atoms. The van der Waals surface area contributed by atoms with E-state index in [4.69, 9.17) is 10.5 Å². The van der Waals surface area contributed by atoms with Crippen LogP contribution in [-0.4, -0.2) is 11.1 Å². The highest BCUT2D eigenvalue weighted by Gasteiger charge is 2.30. The van der Waals surface area contributed by atoms with Crippen LogP contribution < -0.4 is 15.8 Å². The van der Waals surface area contributed by atoms with Crippen molar-refractivity contribution in [3.63, 3.8) is 0 Å². The van der Waals surface area contributed by atoms with Crippen LogP contribution in [0.5, 0.6) is 5.88 Å². The van der Waals surface area contributed by atoms with Crippen LogP contribution in [0.3, 0.4) is 0 Å². The van der Waals surface area contributed by atoms with Crippen molar-refractivity contribution in [2.24, 2.45) is 5.73 Å². The number of nitrogens with two attached hydrogens (primary N) is 1. The number of aromatic amines is 1. The number of fused-ring (bicyclic) bond motifs is 1. The van der Waals surface area contributed by atoms with Gasteiger partial charge in [0.2, 0.25) is 5.88 Å². The molecule has 4 rings (SSSR count). The number of amides is 1. The molecule has 1 aromatic heterocycles. The number of primary amides is 1. The second-order valence-corrected chi connectivity index (χ2v) is 8.02. The quantitative estimate of drug-likeness (QED) is 0.313. The van der Waals surface area contributed by atoms with E-state index in [0.29, 0.717) is 17.1 Å². The van der Waals surface area contributed by atoms with E-state index in [0.717, 1.165) is 33.5 Å². The van der Waals surface area contributed by atoms with Gasteiger partial charge in [-0.1, -0.05) is 42.1 Å². The molecule has 32 heavy (non-hydrogen) atoms. The first-order valence-corrected chi connectivity index (χ1v) is 10.4. The maximum atomic E-state index is 12.9. The lowest BCUT2D eigenvalue weighted by atomic mass is 10.1. The number of H-pyrrole nitrogens is 1. The molecule has 164 valence electrons. The molecule has 4 aromatic rings. The number of carbonyl (C=O) groups excluding carboxylic acids is 1. The summed E-state index contributed by atoms with van der Waals surface area (Å²) in [5.74, 6) is 0.240. The number of nitrogens with one attached hydrogen (secondary N) is 2. The number of halogens is 3. The van der Waals surface area contributed by atoms with Gasteiger partial charge >= 0.3 is 12.3 Å². The van der Waals surface area contributed by atoms with Crippen LogP contribution in [0.15, 0.2) is 82.6 Å². The van der Waals surface area contributed by atoms with Crippen LogP contribution in [0.25, 0.3) is 10.9 Å². The van der Waals surface area contributed by atoms with Crippen LogP contribution in [0, 0.1) is 0 Å². The van der Waals surface area contributed by atoms with Crippen LogP contribution in [-0.2, 0) is 12.7 Å². The van der Waals surface area contributed by atoms with Gasteiger partial charge in [-0.25, -0.2) is 4.79 Å². The summed E-state index contributed by atoms with van der Waals surface area (Å²) in [5.41, 5.74) is 6.45.